The number of benzene rings is 1. The highest BCUT2D eigenvalue weighted by molar-refractivity contribution is 5.33. The lowest BCUT2D eigenvalue weighted by Crippen LogP contribution is -2.26. The van der Waals surface area contributed by atoms with Crippen molar-refractivity contribution in [3.63, 3.8) is 0 Å². The van der Waals surface area contributed by atoms with E-state index in [0.29, 0.717) is 12.1 Å². The highest BCUT2D eigenvalue weighted by atomic mass is 14.9. The van der Waals surface area contributed by atoms with Gasteiger partial charge in [0.25, 0.3) is 0 Å². The number of hydrogen-bond donors (Lipinski definition) is 2. The van der Waals surface area contributed by atoms with E-state index in [-0.39, 0.29) is 0 Å². The van der Waals surface area contributed by atoms with Crippen LogP contribution in [0.15, 0.2) is 24.3 Å². The normalized spacial score (nSPS) is 13.2. The van der Waals surface area contributed by atoms with Crippen LogP contribution in [0.25, 0.3) is 0 Å². The summed E-state index contributed by atoms with van der Waals surface area (Å²) in [7, 11) is 0. The molecule has 0 aliphatic heterocycles. The summed E-state index contributed by atoms with van der Waals surface area (Å²) in [6, 6.07) is 10.3. The van der Waals surface area contributed by atoms with Gasteiger partial charge in [-0.2, -0.15) is 0 Å². The van der Waals surface area contributed by atoms with E-state index in [0.717, 1.165) is 13.1 Å². The van der Waals surface area contributed by atoms with Crippen LogP contribution in [0.4, 0.5) is 0 Å². The van der Waals surface area contributed by atoms with Crippen molar-refractivity contribution < 1.29 is 0 Å². The van der Waals surface area contributed by atoms with Gasteiger partial charge in [-0.15, -0.1) is 0 Å². The third kappa shape index (κ3) is 16.1. The summed E-state index contributed by atoms with van der Waals surface area (Å²) in [6.07, 6.45) is 27.8. The van der Waals surface area contributed by atoms with Crippen molar-refractivity contribution in [3.8, 4) is 0 Å². The minimum absolute atomic E-state index is 0.486. The van der Waals surface area contributed by atoms with Gasteiger partial charge in [-0.3, -0.25) is 0 Å². The van der Waals surface area contributed by atoms with Crippen molar-refractivity contribution in [2.45, 2.75) is 168 Å². The summed E-state index contributed by atoms with van der Waals surface area (Å²) in [4.78, 5) is 0. The summed E-state index contributed by atoms with van der Waals surface area (Å²) in [5.41, 5.74) is 3.08. The van der Waals surface area contributed by atoms with Crippen LogP contribution in [0.1, 0.15) is 179 Å². The Labute approximate surface area is 227 Å². The first-order chi connectivity index (χ1) is 17.8. The van der Waals surface area contributed by atoms with Gasteiger partial charge in [0.2, 0.25) is 0 Å². The molecule has 36 heavy (non-hydrogen) atoms. The molecule has 0 aromatic heterocycles. The minimum Gasteiger partial charge on any atom is -0.310 e. The lowest BCUT2D eigenvalue weighted by Gasteiger charge is -2.27. The second-order valence-electron chi connectivity index (χ2n) is 11.1. The van der Waals surface area contributed by atoms with Crippen LogP contribution in [0.3, 0.4) is 0 Å². The maximum Gasteiger partial charge on any atom is 0.0323 e. The van der Waals surface area contributed by atoms with E-state index in [1.807, 2.05) is 0 Å². The SMILES string of the molecule is CCCCCCCCCCCC(NCC)c1ccccc1C(CCCCCCCCCCC)NCC. The summed E-state index contributed by atoms with van der Waals surface area (Å²) in [5, 5.41) is 7.68. The number of hydrogen-bond acceptors (Lipinski definition) is 2. The lowest BCUT2D eigenvalue weighted by atomic mass is 9.89. The van der Waals surface area contributed by atoms with Gasteiger partial charge in [-0.1, -0.05) is 168 Å². The quantitative estimate of drug-likeness (QED) is 0.124. The van der Waals surface area contributed by atoms with Gasteiger partial charge in [0.15, 0.2) is 0 Å². The molecule has 2 unspecified atom stereocenters. The van der Waals surface area contributed by atoms with Gasteiger partial charge >= 0.3 is 0 Å². The van der Waals surface area contributed by atoms with Gasteiger partial charge in [0.05, 0.1) is 0 Å². The fourth-order valence-corrected chi connectivity index (χ4v) is 5.69. The molecule has 0 radical (unpaired) electrons. The monoisotopic (exact) mass is 501 g/mol. The zero-order chi connectivity index (χ0) is 26.1. The van der Waals surface area contributed by atoms with Crippen molar-refractivity contribution >= 4 is 0 Å². The van der Waals surface area contributed by atoms with Gasteiger partial charge < -0.3 is 10.6 Å². The van der Waals surface area contributed by atoms with Crippen LogP contribution in [-0.4, -0.2) is 13.1 Å². The Kier molecular flexibility index (Phi) is 22.6. The molecule has 1 rings (SSSR count). The first-order valence-corrected chi connectivity index (χ1v) is 16.3. The Morgan fingerprint density at radius 3 is 1.06 bits per heavy atom. The second-order valence-corrected chi connectivity index (χ2v) is 11.1. The predicted molar refractivity (Wildman–Crippen MR) is 163 cm³/mol. The number of nitrogens with one attached hydrogen (secondary N) is 2. The lowest BCUT2D eigenvalue weighted by molar-refractivity contribution is 0.447. The fourth-order valence-electron chi connectivity index (χ4n) is 5.69. The van der Waals surface area contributed by atoms with Crippen LogP contribution in [0.2, 0.25) is 0 Å². The molecule has 1 aromatic rings. The molecule has 0 aliphatic carbocycles. The number of unbranched alkanes of at least 4 members (excludes halogenated alkanes) is 16. The van der Waals surface area contributed by atoms with E-state index in [9.17, 15) is 0 Å². The summed E-state index contributed by atoms with van der Waals surface area (Å²) in [5.74, 6) is 0. The first-order valence-electron chi connectivity index (χ1n) is 16.3. The van der Waals surface area contributed by atoms with E-state index >= 15 is 0 Å². The molecule has 0 aliphatic rings. The van der Waals surface area contributed by atoms with Crippen molar-refractivity contribution in [1.29, 1.82) is 0 Å². The summed E-state index contributed by atoms with van der Waals surface area (Å²) >= 11 is 0. The number of rotatable bonds is 26. The van der Waals surface area contributed by atoms with E-state index in [1.165, 1.54) is 128 Å². The molecule has 0 saturated carbocycles. The Morgan fingerprint density at radius 2 is 0.750 bits per heavy atom. The highest BCUT2D eigenvalue weighted by Crippen LogP contribution is 2.30. The van der Waals surface area contributed by atoms with E-state index in [1.54, 1.807) is 11.1 Å². The summed E-state index contributed by atoms with van der Waals surface area (Å²) in [6.45, 7) is 11.2. The van der Waals surface area contributed by atoms with Crippen molar-refractivity contribution in [2.75, 3.05) is 13.1 Å². The largest absolute Gasteiger partial charge is 0.310 e. The second kappa shape index (κ2) is 24.5. The predicted octanol–water partition coefficient (Wildman–Crippen LogP) is 10.8. The average molecular weight is 501 g/mol. The maximum atomic E-state index is 3.84. The van der Waals surface area contributed by atoms with E-state index in [2.05, 4.69) is 62.6 Å². The molecule has 0 heterocycles. The molecule has 0 fully saturated rings. The molecule has 0 bridgehead atoms. The van der Waals surface area contributed by atoms with Crippen LogP contribution >= 0.6 is 0 Å². The zero-order valence-corrected chi connectivity index (χ0v) is 25.0. The Morgan fingerprint density at radius 1 is 0.444 bits per heavy atom. The van der Waals surface area contributed by atoms with Gasteiger partial charge in [-0.05, 0) is 37.1 Å². The third-order valence-corrected chi connectivity index (χ3v) is 7.84. The Hall–Kier alpha value is -0.860. The molecule has 0 spiro atoms. The topological polar surface area (TPSA) is 24.1 Å². The highest BCUT2D eigenvalue weighted by Gasteiger charge is 2.19. The van der Waals surface area contributed by atoms with Crippen LogP contribution in [0, 0.1) is 0 Å². The first kappa shape index (κ1) is 33.2. The van der Waals surface area contributed by atoms with Gasteiger partial charge in [0.1, 0.15) is 0 Å². The molecule has 2 heteroatoms. The molecule has 2 N–H and O–H groups in total. The molecule has 210 valence electrons. The van der Waals surface area contributed by atoms with Crippen molar-refractivity contribution in [3.05, 3.63) is 35.4 Å². The van der Waals surface area contributed by atoms with Crippen LogP contribution in [0.5, 0.6) is 0 Å². The van der Waals surface area contributed by atoms with Gasteiger partial charge in [-0.25, -0.2) is 0 Å². The van der Waals surface area contributed by atoms with Crippen LogP contribution in [-0.2, 0) is 0 Å². The molecule has 2 nitrogen and oxygen atoms in total. The van der Waals surface area contributed by atoms with Crippen molar-refractivity contribution in [1.82, 2.24) is 10.6 Å². The maximum absolute atomic E-state index is 3.84. The van der Waals surface area contributed by atoms with Crippen LogP contribution < -0.4 is 10.6 Å². The van der Waals surface area contributed by atoms with Gasteiger partial charge in [0, 0.05) is 12.1 Å². The molecule has 1 aromatic carbocycles. The summed E-state index contributed by atoms with van der Waals surface area (Å²) < 4.78 is 0. The molecular formula is C34H64N2. The van der Waals surface area contributed by atoms with Crippen molar-refractivity contribution in [2.24, 2.45) is 0 Å². The molecule has 0 saturated heterocycles. The zero-order valence-electron chi connectivity index (χ0n) is 25.0. The Bertz CT molecular complexity index is 533. The molecule has 0 amide bonds. The van der Waals surface area contributed by atoms with E-state index in [4.69, 9.17) is 0 Å². The standard InChI is InChI=1S/C34H64N2/c1-5-9-11-13-15-17-19-21-23-29-33(35-7-3)31-27-25-26-28-32(31)34(36-8-4)30-24-22-20-18-16-14-12-10-6-2/h25-28,33-36H,5-24,29-30H2,1-4H3. The van der Waals surface area contributed by atoms with E-state index < -0.39 is 0 Å². The third-order valence-electron chi connectivity index (χ3n) is 7.84. The molecular weight excluding hydrogens is 436 g/mol. The Balaban J connectivity index is 2.52. The molecule has 2 atom stereocenters. The fraction of sp³-hybridized carbons (Fsp3) is 0.824. The average Bonchev–Trinajstić information content (AvgIpc) is 2.90. The minimum atomic E-state index is 0.486. The smallest absolute Gasteiger partial charge is 0.0323 e.